The number of nitriles is 1. The van der Waals surface area contributed by atoms with Gasteiger partial charge in [-0.2, -0.15) is 5.26 Å². The van der Waals surface area contributed by atoms with E-state index in [0.717, 1.165) is 28.9 Å². The van der Waals surface area contributed by atoms with E-state index >= 15 is 0 Å². The van der Waals surface area contributed by atoms with Gasteiger partial charge in [0.2, 0.25) is 0 Å². The third kappa shape index (κ3) is 3.75. The van der Waals surface area contributed by atoms with Crippen molar-refractivity contribution in [3.05, 3.63) is 58.1 Å². The number of nitrogens with zero attached hydrogens (tertiary/aromatic N) is 1. The van der Waals surface area contributed by atoms with Crippen molar-refractivity contribution in [2.75, 3.05) is 19.0 Å². The van der Waals surface area contributed by atoms with E-state index in [1.807, 2.05) is 30.3 Å². The Morgan fingerprint density at radius 1 is 1.25 bits per heavy atom. The summed E-state index contributed by atoms with van der Waals surface area (Å²) in [5.41, 5.74) is 2.70. The van der Waals surface area contributed by atoms with Crippen LogP contribution >= 0.6 is 15.9 Å². The Bertz CT molecular complexity index is 635. The number of halogens is 1. The first kappa shape index (κ1) is 14.4. The fourth-order valence-corrected chi connectivity index (χ4v) is 2.29. The van der Waals surface area contributed by atoms with E-state index in [0.29, 0.717) is 5.56 Å². The first-order chi connectivity index (χ1) is 9.72. The van der Waals surface area contributed by atoms with Gasteiger partial charge >= 0.3 is 0 Å². The Morgan fingerprint density at radius 2 is 2.10 bits per heavy atom. The van der Waals surface area contributed by atoms with E-state index < -0.39 is 0 Å². The molecule has 0 atom stereocenters. The molecular formula is C16H15BrN2O. The molecule has 2 aromatic rings. The molecule has 0 bridgehead atoms. The summed E-state index contributed by atoms with van der Waals surface area (Å²) >= 11 is 3.42. The highest BCUT2D eigenvalue weighted by Crippen LogP contribution is 2.21. The molecule has 2 aromatic carbocycles. The van der Waals surface area contributed by atoms with Crippen LogP contribution in [0, 0.1) is 11.3 Å². The second-order valence-corrected chi connectivity index (χ2v) is 5.25. The fraction of sp³-hybridized carbons (Fsp3) is 0.188. The molecule has 0 radical (unpaired) electrons. The average molecular weight is 331 g/mol. The van der Waals surface area contributed by atoms with E-state index in [9.17, 15) is 0 Å². The molecule has 0 aliphatic carbocycles. The Hall–Kier alpha value is -1.99. The molecule has 0 spiro atoms. The summed E-state index contributed by atoms with van der Waals surface area (Å²) in [6.45, 7) is 0.762. The highest BCUT2D eigenvalue weighted by atomic mass is 79.9. The summed E-state index contributed by atoms with van der Waals surface area (Å²) in [4.78, 5) is 0. The smallest absolute Gasteiger partial charge is 0.119 e. The zero-order chi connectivity index (χ0) is 14.4. The van der Waals surface area contributed by atoms with Gasteiger partial charge in [0.1, 0.15) is 11.8 Å². The molecule has 3 nitrogen and oxygen atoms in total. The zero-order valence-electron chi connectivity index (χ0n) is 11.2. The number of hydrogen-bond donors (Lipinski definition) is 1. The number of hydrogen-bond acceptors (Lipinski definition) is 3. The summed E-state index contributed by atoms with van der Waals surface area (Å²) in [5, 5.41) is 12.4. The van der Waals surface area contributed by atoms with Crippen LogP contribution in [0.2, 0.25) is 0 Å². The molecule has 0 unspecified atom stereocenters. The largest absolute Gasteiger partial charge is 0.497 e. The van der Waals surface area contributed by atoms with Gasteiger partial charge in [0.05, 0.1) is 18.4 Å². The SMILES string of the molecule is COc1cccc(CCNc2cc(Br)ccc2C#N)c1. The summed E-state index contributed by atoms with van der Waals surface area (Å²) in [7, 11) is 1.66. The van der Waals surface area contributed by atoms with Crippen molar-refractivity contribution in [2.24, 2.45) is 0 Å². The molecule has 0 heterocycles. The molecule has 2 rings (SSSR count). The zero-order valence-corrected chi connectivity index (χ0v) is 12.8. The van der Waals surface area contributed by atoms with Gasteiger partial charge < -0.3 is 10.1 Å². The number of ether oxygens (including phenoxy) is 1. The minimum absolute atomic E-state index is 0.652. The number of anilines is 1. The molecule has 0 aliphatic rings. The quantitative estimate of drug-likeness (QED) is 0.901. The lowest BCUT2D eigenvalue weighted by Crippen LogP contribution is -2.06. The topological polar surface area (TPSA) is 45.0 Å². The number of methoxy groups -OCH3 is 1. The minimum atomic E-state index is 0.652. The van der Waals surface area contributed by atoms with Crippen LogP contribution in [0.3, 0.4) is 0 Å². The molecule has 102 valence electrons. The van der Waals surface area contributed by atoms with Gasteiger partial charge in [0.25, 0.3) is 0 Å². The van der Waals surface area contributed by atoms with Crippen LogP contribution in [0.5, 0.6) is 5.75 Å². The highest BCUT2D eigenvalue weighted by molar-refractivity contribution is 9.10. The van der Waals surface area contributed by atoms with Gasteiger partial charge in [-0.1, -0.05) is 28.1 Å². The van der Waals surface area contributed by atoms with E-state index in [4.69, 9.17) is 10.00 Å². The fourth-order valence-electron chi connectivity index (χ4n) is 1.93. The van der Waals surface area contributed by atoms with Crippen molar-refractivity contribution >= 4 is 21.6 Å². The molecule has 1 N–H and O–H groups in total. The van der Waals surface area contributed by atoms with Crippen LogP contribution in [0.1, 0.15) is 11.1 Å². The lowest BCUT2D eigenvalue weighted by atomic mass is 10.1. The number of rotatable bonds is 5. The van der Waals surface area contributed by atoms with E-state index in [1.165, 1.54) is 5.56 Å². The molecule has 0 saturated heterocycles. The minimum Gasteiger partial charge on any atom is -0.497 e. The molecule has 0 aromatic heterocycles. The van der Waals surface area contributed by atoms with Crippen LogP contribution in [0.4, 0.5) is 5.69 Å². The second-order valence-electron chi connectivity index (χ2n) is 4.33. The Balaban J connectivity index is 1.99. The summed E-state index contributed by atoms with van der Waals surface area (Å²) < 4.78 is 6.16. The molecule has 0 saturated carbocycles. The Morgan fingerprint density at radius 3 is 2.85 bits per heavy atom. The average Bonchev–Trinajstić information content (AvgIpc) is 2.48. The monoisotopic (exact) mass is 330 g/mol. The highest BCUT2D eigenvalue weighted by Gasteiger charge is 2.02. The van der Waals surface area contributed by atoms with Crippen LogP contribution in [0.25, 0.3) is 0 Å². The maximum atomic E-state index is 9.07. The molecule has 0 amide bonds. The maximum absolute atomic E-state index is 9.07. The van der Waals surface area contributed by atoms with Crippen molar-refractivity contribution in [3.63, 3.8) is 0 Å². The lowest BCUT2D eigenvalue weighted by Gasteiger charge is -2.09. The summed E-state index contributed by atoms with van der Waals surface area (Å²) in [6, 6.07) is 15.8. The van der Waals surface area contributed by atoms with E-state index in [-0.39, 0.29) is 0 Å². The van der Waals surface area contributed by atoms with Crippen molar-refractivity contribution < 1.29 is 4.74 Å². The van der Waals surface area contributed by atoms with Gasteiger partial charge in [-0.25, -0.2) is 0 Å². The van der Waals surface area contributed by atoms with Crippen LogP contribution in [-0.2, 0) is 6.42 Å². The van der Waals surface area contributed by atoms with Gasteiger partial charge in [0, 0.05) is 11.0 Å². The standard InChI is InChI=1S/C16H15BrN2O/c1-20-15-4-2-3-12(9-15)7-8-19-16-10-14(17)6-5-13(16)11-18/h2-6,9-10,19H,7-8H2,1H3. The third-order valence-electron chi connectivity index (χ3n) is 2.97. The first-order valence-corrected chi connectivity index (χ1v) is 7.08. The molecule has 4 heteroatoms. The Kier molecular flexibility index (Phi) is 5.03. The number of benzene rings is 2. The van der Waals surface area contributed by atoms with Gasteiger partial charge in [-0.15, -0.1) is 0 Å². The Labute approximate surface area is 127 Å². The van der Waals surface area contributed by atoms with Crippen molar-refractivity contribution in [1.82, 2.24) is 0 Å². The molecule has 20 heavy (non-hydrogen) atoms. The van der Waals surface area contributed by atoms with Gasteiger partial charge in [-0.3, -0.25) is 0 Å². The van der Waals surface area contributed by atoms with Crippen molar-refractivity contribution in [3.8, 4) is 11.8 Å². The summed E-state index contributed by atoms with van der Waals surface area (Å²) in [5.74, 6) is 0.864. The predicted octanol–water partition coefficient (Wildman–Crippen LogP) is 3.98. The second kappa shape index (κ2) is 6.97. The maximum Gasteiger partial charge on any atom is 0.119 e. The van der Waals surface area contributed by atoms with E-state index in [2.05, 4.69) is 33.4 Å². The molecule has 0 fully saturated rings. The van der Waals surface area contributed by atoms with E-state index in [1.54, 1.807) is 13.2 Å². The van der Waals surface area contributed by atoms with Crippen LogP contribution in [-0.4, -0.2) is 13.7 Å². The van der Waals surface area contributed by atoms with Gasteiger partial charge in [-0.05, 0) is 42.3 Å². The first-order valence-electron chi connectivity index (χ1n) is 6.29. The predicted molar refractivity (Wildman–Crippen MR) is 84.0 cm³/mol. The molecular weight excluding hydrogens is 316 g/mol. The van der Waals surface area contributed by atoms with Crippen LogP contribution < -0.4 is 10.1 Å². The van der Waals surface area contributed by atoms with Gasteiger partial charge in [0.15, 0.2) is 0 Å². The summed E-state index contributed by atoms with van der Waals surface area (Å²) in [6.07, 6.45) is 0.870. The lowest BCUT2D eigenvalue weighted by molar-refractivity contribution is 0.414. The normalized spacial score (nSPS) is 9.85. The van der Waals surface area contributed by atoms with Crippen molar-refractivity contribution in [1.29, 1.82) is 5.26 Å². The number of nitrogens with one attached hydrogen (secondary N) is 1. The van der Waals surface area contributed by atoms with Crippen molar-refractivity contribution in [2.45, 2.75) is 6.42 Å². The third-order valence-corrected chi connectivity index (χ3v) is 3.46. The molecule has 0 aliphatic heterocycles. The van der Waals surface area contributed by atoms with Crippen LogP contribution in [0.15, 0.2) is 46.9 Å².